The molecule has 140 valence electrons. The summed E-state index contributed by atoms with van der Waals surface area (Å²) in [7, 11) is 0. The molecule has 3 rings (SSSR count). The summed E-state index contributed by atoms with van der Waals surface area (Å²) in [6, 6.07) is 1.42. The van der Waals surface area contributed by atoms with E-state index in [1.807, 2.05) is 22.7 Å². The molecule has 1 aromatic heterocycles. The fraction of sp³-hybridized carbons (Fsp3) is 0.778. The molecule has 0 aromatic carbocycles. The van der Waals surface area contributed by atoms with Gasteiger partial charge in [0.1, 0.15) is 0 Å². The maximum absolute atomic E-state index is 12.2. The van der Waals surface area contributed by atoms with Gasteiger partial charge in [-0.2, -0.15) is 5.10 Å². The summed E-state index contributed by atoms with van der Waals surface area (Å²) in [6.45, 7) is 8.72. The van der Waals surface area contributed by atoms with Gasteiger partial charge in [-0.15, -0.1) is 0 Å². The van der Waals surface area contributed by atoms with Crippen LogP contribution in [0.2, 0.25) is 5.02 Å². The lowest BCUT2D eigenvalue weighted by molar-refractivity contribution is 0.0152. The molecule has 0 aliphatic carbocycles. The minimum atomic E-state index is -0.171. The standard InChI is InChI=1S/C18H29ClN4O2/c1-4-25-18(24)23-13(2)9-17(10-14(23)3)21-7-5-16(6-8-21)22-12-15(19)11-20-22/h11-14,16-17H,4-10H2,1-3H3. The number of aromatic nitrogens is 2. The first-order chi connectivity index (χ1) is 12.0. The molecule has 2 atom stereocenters. The van der Waals surface area contributed by atoms with E-state index in [0.717, 1.165) is 38.8 Å². The molecule has 0 bridgehead atoms. The van der Waals surface area contributed by atoms with Crippen molar-refractivity contribution in [2.75, 3.05) is 19.7 Å². The maximum Gasteiger partial charge on any atom is 0.410 e. The van der Waals surface area contributed by atoms with Gasteiger partial charge in [0.05, 0.1) is 23.9 Å². The molecule has 7 heteroatoms. The minimum Gasteiger partial charge on any atom is -0.450 e. The first kappa shape index (κ1) is 18.5. The number of amides is 1. The Labute approximate surface area is 155 Å². The van der Waals surface area contributed by atoms with E-state index in [9.17, 15) is 4.79 Å². The van der Waals surface area contributed by atoms with Crippen LogP contribution < -0.4 is 0 Å². The second kappa shape index (κ2) is 7.96. The van der Waals surface area contributed by atoms with Crippen LogP contribution in [0.5, 0.6) is 0 Å². The summed E-state index contributed by atoms with van der Waals surface area (Å²) in [5, 5.41) is 5.06. The Bertz CT molecular complexity index is 573. The van der Waals surface area contributed by atoms with Crippen LogP contribution in [0.25, 0.3) is 0 Å². The lowest BCUT2D eigenvalue weighted by atomic mass is 9.90. The molecule has 0 saturated carbocycles. The number of carbonyl (C=O) groups is 1. The number of likely N-dealkylation sites (tertiary alicyclic amines) is 2. The molecule has 2 saturated heterocycles. The van der Waals surface area contributed by atoms with Crippen LogP contribution in [-0.2, 0) is 4.74 Å². The zero-order chi connectivity index (χ0) is 18.0. The average molecular weight is 369 g/mol. The van der Waals surface area contributed by atoms with E-state index in [1.165, 1.54) is 0 Å². The molecule has 0 spiro atoms. The van der Waals surface area contributed by atoms with Crippen molar-refractivity contribution >= 4 is 17.7 Å². The smallest absolute Gasteiger partial charge is 0.410 e. The molecule has 1 aromatic rings. The average Bonchev–Trinajstić information content (AvgIpc) is 3.01. The molecule has 1 amide bonds. The normalized spacial score (nSPS) is 29.0. The molecule has 2 fully saturated rings. The van der Waals surface area contributed by atoms with E-state index >= 15 is 0 Å². The second-order valence-corrected chi connectivity index (χ2v) is 7.77. The monoisotopic (exact) mass is 368 g/mol. The Balaban J connectivity index is 1.55. The summed E-state index contributed by atoms with van der Waals surface area (Å²) in [5.74, 6) is 0. The van der Waals surface area contributed by atoms with Crippen molar-refractivity contribution in [3.8, 4) is 0 Å². The molecule has 25 heavy (non-hydrogen) atoms. The van der Waals surface area contributed by atoms with Crippen molar-refractivity contribution in [1.29, 1.82) is 0 Å². The highest BCUT2D eigenvalue weighted by molar-refractivity contribution is 6.30. The minimum absolute atomic E-state index is 0.171. The number of ether oxygens (including phenoxy) is 1. The molecule has 0 N–H and O–H groups in total. The lowest BCUT2D eigenvalue weighted by Gasteiger charge is -2.47. The zero-order valence-corrected chi connectivity index (χ0v) is 16.2. The van der Waals surface area contributed by atoms with Crippen LogP contribution in [-0.4, -0.2) is 63.5 Å². The summed E-state index contributed by atoms with van der Waals surface area (Å²) in [6.07, 6.45) is 7.68. The van der Waals surface area contributed by atoms with Crippen molar-refractivity contribution in [3.63, 3.8) is 0 Å². The Morgan fingerprint density at radius 1 is 1.24 bits per heavy atom. The van der Waals surface area contributed by atoms with Gasteiger partial charge < -0.3 is 14.5 Å². The summed E-state index contributed by atoms with van der Waals surface area (Å²) >= 11 is 5.99. The van der Waals surface area contributed by atoms with Crippen LogP contribution in [0.1, 0.15) is 52.5 Å². The van der Waals surface area contributed by atoms with E-state index in [4.69, 9.17) is 16.3 Å². The van der Waals surface area contributed by atoms with Crippen molar-refractivity contribution in [3.05, 3.63) is 17.4 Å². The molecular formula is C18H29ClN4O2. The predicted molar refractivity (Wildman–Crippen MR) is 97.9 cm³/mol. The number of carbonyl (C=O) groups excluding carboxylic acids is 1. The summed E-state index contributed by atoms with van der Waals surface area (Å²) in [4.78, 5) is 16.7. The molecular weight excluding hydrogens is 340 g/mol. The third-order valence-corrected chi connectivity index (χ3v) is 5.81. The van der Waals surface area contributed by atoms with E-state index in [2.05, 4.69) is 23.8 Å². The highest BCUT2D eigenvalue weighted by atomic mass is 35.5. The molecule has 2 aliphatic heterocycles. The Hall–Kier alpha value is -1.27. The quantitative estimate of drug-likeness (QED) is 0.818. The van der Waals surface area contributed by atoms with Crippen molar-refractivity contribution in [1.82, 2.24) is 19.6 Å². The number of halogens is 1. The largest absolute Gasteiger partial charge is 0.450 e. The van der Waals surface area contributed by atoms with Gasteiger partial charge in [-0.25, -0.2) is 4.79 Å². The highest BCUT2D eigenvalue weighted by Crippen LogP contribution is 2.31. The van der Waals surface area contributed by atoms with Crippen LogP contribution in [0.4, 0.5) is 4.79 Å². The number of rotatable bonds is 3. The summed E-state index contributed by atoms with van der Waals surface area (Å²) < 4.78 is 7.23. The zero-order valence-electron chi connectivity index (χ0n) is 15.4. The highest BCUT2D eigenvalue weighted by Gasteiger charge is 2.38. The lowest BCUT2D eigenvalue weighted by Crippen LogP contribution is -2.56. The molecule has 2 unspecified atom stereocenters. The SMILES string of the molecule is CCOC(=O)N1C(C)CC(N2CCC(n3cc(Cl)cn3)CC2)CC1C. The first-order valence-electron chi connectivity index (χ1n) is 9.38. The molecule has 2 aliphatic rings. The second-order valence-electron chi connectivity index (χ2n) is 7.34. The Morgan fingerprint density at radius 2 is 1.88 bits per heavy atom. The van der Waals surface area contributed by atoms with Crippen LogP contribution in [0, 0.1) is 0 Å². The predicted octanol–water partition coefficient (Wildman–Crippen LogP) is 3.57. The van der Waals surface area contributed by atoms with Gasteiger partial charge in [0, 0.05) is 37.4 Å². The third-order valence-electron chi connectivity index (χ3n) is 5.61. The van der Waals surface area contributed by atoms with E-state index in [-0.39, 0.29) is 18.2 Å². The van der Waals surface area contributed by atoms with Crippen molar-refractivity contribution in [2.45, 2.75) is 70.6 Å². The van der Waals surface area contributed by atoms with E-state index in [1.54, 1.807) is 6.20 Å². The van der Waals surface area contributed by atoms with Gasteiger partial charge in [0.25, 0.3) is 0 Å². The van der Waals surface area contributed by atoms with Gasteiger partial charge in [-0.1, -0.05) is 11.6 Å². The number of piperidine rings is 2. The van der Waals surface area contributed by atoms with Crippen LogP contribution in [0.15, 0.2) is 12.4 Å². The van der Waals surface area contributed by atoms with Crippen molar-refractivity contribution < 1.29 is 9.53 Å². The van der Waals surface area contributed by atoms with E-state index in [0.29, 0.717) is 23.7 Å². The topological polar surface area (TPSA) is 50.6 Å². The van der Waals surface area contributed by atoms with Gasteiger partial charge in [0.2, 0.25) is 0 Å². The summed E-state index contributed by atoms with van der Waals surface area (Å²) in [5.41, 5.74) is 0. The fourth-order valence-electron chi connectivity index (χ4n) is 4.43. The number of hydrogen-bond donors (Lipinski definition) is 0. The van der Waals surface area contributed by atoms with Gasteiger partial charge in [-0.05, 0) is 46.5 Å². The van der Waals surface area contributed by atoms with E-state index < -0.39 is 0 Å². The molecule has 3 heterocycles. The van der Waals surface area contributed by atoms with Crippen LogP contribution >= 0.6 is 11.6 Å². The molecule has 6 nitrogen and oxygen atoms in total. The third kappa shape index (κ3) is 4.11. The first-order valence-corrected chi connectivity index (χ1v) is 9.76. The van der Waals surface area contributed by atoms with Crippen molar-refractivity contribution in [2.24, 2.45) is 0 Å². The Kier molecular flexibility index (Phi) is 5.89. The van der Waals surface area contributed by atoms with Gasteiger partial charge in [0.15, 0.2) is 0 Å². The number of nitrogens with zero attached hydrogens (tertiary/aromatic N) is 4. The van der Waals surface area contributed by atoms with Gasteiger partial charge >= 0.3 is 6.09 Å². The molecule has 0 radical (unpaired) electrons. The number of hydrogen-bond acceptors (Lipinski definition) is 4. The Morgan fingerprint density at radius 3 is 2.40 bits per heavy atom. The van der Waals surface area contributed by atoms with Crippen LogP contribution in [0.3, 0.4) is 0 Å². The fourth-order valence-corrected chi connectivity index (χ4v) is 4.58. The maximum atomic E-state index is 12.2. The van der Waals surface area contributed by atoms with Gasteiger partial charge in [-0.3, -0.25) is 4.68 Å².